The molecule has 0 spiro atoms. The predicted molar refractivity (Wildman–Crippen MR) is 65.3 cm³/mol. The third-order valence-corrected chi connectivity index (χ3v) is 3.44. The summed E-state index contributed by atoms with van der Waals surface area (Å²) in [6, 6.07) is 3.77. The van der Waals surface area contributed by atoms with Crippen molar-refractivity contribution in [2.45, 2.75) is 31.8 Å². The van der Waals surface area contributed by atoms with Crippen LogP contribution in [0.2, 0.25) is 0 Å². The fraction of sp³-hybridized carbons (Fsp3) is 0.636. The highest BCUT2D eigenvalue weighted by molar-refractivity contribution is 5.44. The van der Waals surface area contributed by atoms with E-state index in [1.165, 1.54) is 4.63 Å². The Morgan fingerprint density at radius 2 is 2.17 bits per heavy atom. The van der Waals surface area contributed by atoms with E-state index in [1.807, 2.05) is 19.1 Å². The number of hydrogen-bond acceptors (Lipinski definition) is 6. The molecule has 1 saturated heterocycles. The number of anilines is 1. The van der Waals surface area contributed by atoms with E-state index in [-0.39, 0.29) is 0 Å². The number of aromatic nitrogens is 5. The van der Waals surface area contributed by atoms with Crippen LogP contribution in [0.4, 0.5) is 5.82 Å². The van der Waals surface area contributed by atoms with Crippen molar-refractivity contribution >= 4 is 11.5 Å². The molecule has 2 aromatic heterocycles. The van der Waals surface area contributed by atoms with Crippen LogP contribution < -0.4 is 4.90 Å². The Morgan fingerprint density at radius 1 is 1.28 bits per heavy atom. The Bertz CT molecular complexity index is 551. The lowest BCUT2D eigenvalue weighted by Gasteiger charge is -2.22. The van der Waals surface area contributed by atoms with E-state index in [2.05, 4.69) is 25.5 Å². The number of fused-ring (bicyclic) bond motifs is 1. The molecule has 96 valence electrons. The molecule has 1 atom stereocenters. The Hall–Kier alpha value is -1.76. The third kappa shape index (κ3) is 2.13. The summed E-state index contributed by atoms with van der Waals surface area (Å²) in [5, 5.41) is 25.6. The molecule has 3 rings (SSSR count). The summed E-state index contributed by atoms with van der Waals surface area (Å²) in [5.41, 5.74) is 0.0776. The molecule has 0 bridgehead atoms. The zero-order chi connectivity index (χ0) is 12.6. The Labute approximate surface area is 104 Å². The van der Waals surface area contributed by atoms with Crippen LogP contribution in [0, 0.1) is 0 Å². The minimum Gasteiger partial charge on any atom is -0.390 e. The van der Waals surface area contributed by atoms with Crippen molar-refractivity contribution in [3.05, 3.63) is 12.1 Å². The van der Waals surface area contributed by atoms with Gasteiger partial charge in [0.15, 0.2) is 11.5 Å². The summed E-state index contributed by atoms with van der Waals surface area (Å²) in [5.74, 6) is 0.854. The van der Waals surface area contributed by atoms with Crippen molar-refractivity contribution in [2.75, 3.05) is 18.0 Å². The van der Waals surface area contributed by atoms with Gasteiger partial charge in [0.25, 0.3) is 0 Å². The summed E-state index contributed by atoms with van der Waals surface area (Å²) in [4.78, 5) is 2.17. The first-order valence-corrected chi connectivity index (χ1v) is 6.17. The van der Waals surface area contributed by atoms with Crippen molar-refractivity contribution in [1.29, 1.82) is 0 Å². The van der Waals surface area contributed by atoms with Crippen LogP contribution in [0.15, 0.2) is 12.1 Å². The van der Waals surface area contributed by atoms with Crippen LogP contribution in [-0.2, 0) is 0 Å². The minimum atomic E-state index is -0.562. The molecule has 3 heterocycles. The SMILES string of the molecule is CC1(O)CCCN(c2ccc3nnnn3n2)CC1. The van der Waals surface area contributed by atoms with Gasteiger partial charge in [-0.1, -0.05) is 0 Å². The van der Waals surface area contributed by atoms with Crippen LogP contribution in [0.3, 0.4) is 0 Å². The maximum Gasteiger partial charge on any atom is 0.200 e. The average molecular weight is 248 g/mol. The number of rotatable bonds is 1. The smallest absolute Gasteiger partial charge is 0.200 e. The lowest BCUT2D eigenvalue weighted by atomic mass is 9.98. The van der Waals surface area contributed by atoms with Crippen LogP contribution in [0.1, 0.15) is 26.2 Å². The van der Waals surface area contributed by atoms with E-state index in [0.29, 0.717) is 5.65 Å². The number of aliphatic hydroxyl groups is 1. The van der Waals surface area contributed by atoms with Gasteiger partial charge in [0, 0.05) is 13.1 Å². The highest BCUT2D eigenvalue weighted by atomic mass is 16.3. The van der Waals surface area contributed by atoms with Gasteiger partial charge in [-0.25, -0.2) is 0 Å². The van der Waals surface area contributed by atoms with Crippen LogP contribution >= 0.6 is 0 Å². The lowest BCUT2D eigenvalue weighted by Crippen LogP contribution is -2.29. The molecule has 0 aliphatic carbocycles. The zero-order valence-corrected chi connectivity index (χ0v) is 10.3. The van der Waals surface area contributed by atoms with Gasteiger partial charge in [-0.2, -0.15) is 0 Å². The molecule has 1 fully saturated rings. The topological polar surface area (TPSA) is 79.4 Å². The summed E-state index contributed by atoms with van der Waals surface area (Å²) in [6.45, 7) is 3.60. The maximum absolute atomic E-state index is 10.1. The highest BCUT2D eigenvalue weighted by Crippen LogP contribution is 2.24. The maximum atomic E-state index is 10.1. The quantitative estimate of drug-likeness (QED) is 0.780. The Kier molecular flexibility index (Phi) is 2.62. The Morgan fingerprint density at radius 3 is 3.06 bits per heavy atom. The van der Waals surface area contributed by atoms with Crippen molar-refractivity contribution in [1.82, 2.24) is 25.3 Å². The van der Waals surface area contributed by atoms with Gasteiger partial charge in [-0.05, 0) is 48.7 Å². The fourth-order valence-corrected chi connectivity index (χ4v) is 2.30. The van der Waals surface area contributed by atoms with E-state index in [4.69, 9.17) is 0 Å². The number of hydrogen-bond donors (Lipinski definition) is 1. The van der Waals surface area contributed by atoms with E-state index in [1.54, 1.807) is 0 Å². The van der Waals surface area contributed by atoms with E-state index < -0.39 is 5.60 Å². The second-order valence-electron chi connectivity index (χ2n) is 5.06. The molecule has 1 aliphatic heterocycles. The van der Waals surface area contributed by atoms with E-state index in [0.717, 1.165) is 38.2 Å². The highest BCUT2D eigenvalue weighted by Gasteiger charge is 2.25. The summed E-state index contributed by atoms with van der Waals surface area (Å²) in [7, 11) is 0. The molecular formula is C11H16N6O. The molecule has 18 heavy (non-hydrogen) atoms. The second-order valence-corrected chi connectivity index (χ2v) is 5.06. The van der Waals surface area contributed by atoms with Gasteiger partial charge < -0.3 is 10.0 Å². The third-order valence-electron chi connectivity index (χ3n) is 3.44. The predicted octanol–water partition coefficient (Wildman–Crippen LogP) is 0.261. The van der Waals surface area contributed by atoms with Crippen LogP contribution in [0.25, 0.3) is 5.65 Å². The van der Waals surface area contributed by atoms with E-state index >= 15 is 0 Å². The van der Waals surface area contributed by atoms with Gasteiger partial charge in [0.1, 0.15) is 0 Å². The molecule has 7 nitrogen and oxygen atoms in total. The monoisotopic (exact) mass is 248 g/mol. The van der Waals surface area contributed by atoms with Crippen LogP contribution in [-0.4, -0.2) is 49.1 Å². The van der Waals surface area contributed by atoms with Gasteiger partial charge in [0.05, 0.1) is 5.60 Å². The van der Waals surface area contributed by atoms with Crippen molar-refractivity contribution in [3.8, 4) is 0 Å². The van der Waals surface area contributed by atoms with Crippen LogP contribution in [0.5, 0.6) is 0 Å². The van der Waals surface area contributed by atoms with Crippen molar-refractivity contribution < 1.29 is 5.11 Å². The molecule has 0 radical (unpaired) electrons. The lowest BCUT2D eigenvalue weighted by molar-refractivity contribution is 0.0481. The summed E-state index contributed by atoms with van der Waals surface area (Å²) >= 11 is 0. The van der Waals surface area contributed by atoms with Crippen molar-refractivity contribution in [2.24, 2.45) is 0 Å². The minimum absolute atomic E-state index is 0.562. The second kappa shape index (κ2) is 4.16. The number of nitrogens with zero attached hydrogens (tertiary/aromatic N) is 6. The first kappa shape index (κ1) is 11.3. The normalized spacial score (nSPS) is 25.3. The van der Waals surface area contributed by atoms with Gasteiger partial charge >= 0.3 is 0 Å². The standard InChI is InChI=1S/C11H16N6O/c1-11(18)5-2-7-16(8-6-11)10-4-3-9-12-14-15-17(9)13-10/h3-4,18H,2,5-8H2,1H3. The van der Waals surface area contributed by atoms with Crippen molar-refractivity contribution in [3.63, 3.8) is 0 Å². The first-order valence-electron chi connectivity index (χ1n) is 6.17. The fourth-order valence-electron chi connectivity index (χ4n) is 2.30. The van der Waals surface area contributed by atoms with Gasteiger partial charge in [-0.15, -0.1) is 14.8 Å². The molecule has 7 heteroatoms. The molecule has 1 unspecified atom stereocenters. The summed E-state index contributed by atoms with van der Waals surface area (Å²) in [6.07, 6.45) is 2.54. The average Bonchev–Trinajstić information content (AvgIpc) is 2.72. The Balaban J connectivity index is 1.85. The summed E-state index contributed by atoms with van der Waals surface area (Å²) < 4.78 is 1.43. The molecule has 1 aliphatic rings. The molecule has 2 aromatic rings. The molecular weight excluding hydrogens is 232 g/mol. The number of tetrazole rings is 1. The largest absolute Gasteiger partial charge is 0.390 e. The first-order chi connectivity index (χ1) is 8.64. The van der Waals surface area contributed by atoms with E-state index in [9.17, 15) is 5.11 Å². The van der Waals surface area contributed by atoms with Gasteiger partial charge in [-0.3, -0.25) is 0 Å². The van der Waals surface area contributed by atoms with Gasteiger partial charge in [0.2, 0.25) is 0 Å². The molecule has 1 N–H and O–H groups in total. The molecule has 0 aromatic carbocycles. The molecule has 0 saturated carbocycles. The zero-order valence-electron chi connectivity index (χ0n) is 10.3. The molecule has 0 amide bonds.